The van der Waals surface area contributed by atoms with Gasteiger partial charge in [0.1, 0.15) is 11.5 Å². The second-order valence-corrected chi connectivity index (χ2v) is 4.51. The molecule has 98 valence electrons. The van der Waals surface area contributed by atoms with Crippen LogP contribution in [-0.2, 0) is 6.54 Å². The zero-order valence-electron chi connectivity index (χ0n) is 9.84. The predicted molar refractivity (Wildman–Crippen MR) is 71.5 cm³/mol. The molecule has 2 rings (SSSR count). The molecule has 0 saturated carbocycles. The fourth-order valence-corrected chi connectivity index (χ4v) is 1.93. The molecule has 1 heterocycles. The van der Waals surface area contributed by atoms with Crippen molar-refractivity contribution in [1.82, 2.24) is 5.32 Å². The molecule has 0 saturated heterocycles. The quantitative estimate of drug-likeness (QED) is 0.923. The average Bonchev–Trinajstić information content (AvgIpc) is 2.78. The number of furan rings is 1. The Morgan fingerprint density at radius 3 is 2.67 bits per heavy atom. The fraction of sp³-hybridized carbons (Fsp3) is 0.231. The maximum Gasteiger partial charge on any atom is 0.135 e. The van der Waals surface area contributed by atoms with Crippen LogP contribution >= 0.6 is 23.2 Å². The van der Waals surface area contributed by atoms with Gasteiger partial charge in [-0.05, 0) is 36.9 Å². The highest BCUT2D eigenvalue weighted by molar-refractivity contribution is 6.35. The van der Waals surface area contributed by atoms with Gasteiger partial charge in [-0.1, -0.05) is 30.1 Å². The van der Waals surface area contributed by atoms with Crippen molar-refractivity contribution in [1.29, 1.82) is 0 Å². The highest BCUT2D eigenvalue weighted by Gasteiger charge is 2.09. The lowest BCUT2D eigenvalue weighted by Crippen LogP contribution is -3.00. The molecule has 5 heteroatoms. The molecule has 0 atom stereocenters. The Hall–Kier alpha value is -0.670. The molecule has 1 aromatic carbocycles. The van der Waals surface area contributed by atoms with E-state index in [0.29, 0.717) is 16.6 Å². The van der Waals surface area contributed by atoms with Crippen LogP contribution in [0.15, 0.2) is 34.7 Å². The molecule has 2 aromatic rings. The van der Waals surface area contributed by atoms with Crippen LogP contribution in [0.25, 0.3) is 11.3 Å². The first kappa shape index (κ1) is 15.4. The number of benzene rings is 1. The van der Waals surface area contributed by atoms with Gasteiger partial charge in [0.05, 0.1) is 11.6 Å². The van der Waals surface area contributed by atoms with E-state index in [4.69, 9.17) is 27.6 Å². The van der Waals surface area contributed by atoms with E-state index in [1.165, 1.54) is 0 Å². The van der Waals surface area contributed by atoms with Crippen LogP contribution in [0.1, 0.15) is 12.7 Å². The van der Waals surface area contributed by atoms with Crippen molar-refractivity contribution in [3.8, 4) is 11.3 Å². The Balaban J connectivity index is 0.00000162. The Bertz CT molecular complexity index is 511. The Kier molecular flexibility index (Phi) is 6.03. The Labute approximate surface area is 123 Å². The summed E-state index contributed by atoms with van der Waals surface area (Å²) < 4.78 is 5.70. The lowest BCUT2D eigenvalue weighted by atomic mass is 10.2. The summed E-state index contributed by atoms with van der Waals surface area (Å²) in [7, 11) is 0. The van der Waals surface area contributed by atoms with Crippen LogP contribution in [0.2, 0.25) is 10.0 Å². The van der Waals surface area contributed by atoms with Gasteiger partial charge in [0.25, 0.3) is 0 Å². The summed E-state index contributed by atoms with van der Waals surface area (Å²) in [6.45, 7) is 3.68. The van der Waals surface area contributed by atoms with E-state index in [2.05, 4.69) is 12.2 Å². The van der Waals surface area contributed by atoms with Crippen molar-refractivity contribution in [2.45, 2.75) is 13.5 Å². The Morgan fingerprint density at radius 2 is 1.94 bits per heavy atom. The van der Waals surface area contributed by atoms with Gasteiger partial charge in [0, 0.05) is 10.6 Å². The highest BCUT2D eigenvalue weighted by atomic mass is 35.5. The first-order chi connectivity index (χ1) is 8.20. The van der Waals surface area contributed by atoms with E-state index in [0.717, 1.165) is 23.6 Å². The molecule has 0 fully saturated rings. The molecular weight excluding hydrogens is 293 g/mol. The van der Waals surface area contributed by atoms with Gasteiger partial charge in [0.15, 0.2) is 0 Å². The minimum atomic E-state index is 0. The van der Waals surface area contributed by atoms with Crippen molar-refractivity contribution < 1.29 is 16.8 Å². The minimum absolute atomic E-state index is 0. The monoisotopic (exact) mass is 304 g/mol. The smallest absolute Gasteiger partial charge is 0.135 e. The first-order valence-electron chi connectivity index (χ1n) is 5.45. The third kappa shape index (κ3) is 3.66. The summed E-state index contributed by atoms with van der Waals surface area (Å²) in [6, 6.07) is 9.18. The average molecular weight is 306 g/mol. The molecular formula is C13H13Cl3NO-. The summed E-state index contributed by atoms with van der Waals surface area (Å²) in [4.78, 5) is 0. The van der Waals surface area contributed by atoms with E-state index < -0.39 is 0 Å². The summed E-state index contributed by atoms with van der Waals surface area (Å²) in [5, 5.41) is 4.49. The summed E-state index contributed by atoms with van der Waals surface area (Å²) >= 11 is 12.1. The van der Waals surface area contributed by atoms with Crippen molar-refractivity contribution in [3.63, 3.8) is 0 Å². The second-order valence-electron chi connectivity index (χ2n) is 3.67. The largest absolute Gasteiger partial charge is 1.00 e. The van der Waals surface area contributed by atoms with Gasteiger partial charge in [-0.3, -0.25) is 0 Å². The van der Waals surface area contributed by atoms with Crippen LogP contribution in [0, 0.1) is 0 Å². The summed E-state index contributed by atoms with van der Waals surface area (Å²) in [5.41, 5.74) is 0.821. The van der Waals surface area contributed by atoms with Crippen molar-refractivity contribution in [2.24, 2.45) is 0 Å². The SMILES string of the molecule is CCNCc1ccc(-c2cc(Cl)ccc2Cl)o1.[Cl-]. The molecule has 0 aliphatic carbocycles. The van der Waals surface area contributed by atoms with Crippen LogP contribution in [0.3, 0.4) is 0 Å². The van der Waals surface area contributed by atoms with Crippen LogP contribution < -0.4 is 17.7 Å². The van der Waals surface area contributed by atoms with Crippen LogP contribution in [0.4, 0.5) is 0 Å². The molecule has 2 nitrogen and oxygen atoms in total. The first-order valence-corrected chi connectivity index (χ1v) is 6.21. The lowest BCUT2D eigenvalue weighted by molar-refractivity contribution is -0.00000388. The Morgan fingerprint density at radius 1 is 1.17 bits per heavy atom. The lowest BCUT2D eigenvalue weighted by Gasteiger charge is -2.02. The van der Waals surface area contributed by atoms with Gasteiger partial charge in [-0.25, -0.2) is 0 Å². The standard InChI is InChI=1S/C13H13Cl2NO.ClH/c1-2-16-8-10-4-6-13(17-10)11-7-9(14)3-5-12(11)15;/h3-7,16H,2,8H2,1H3;1H/p-1. The van der Waals surface area contributed by atoms with E-state index in [-0.39, 0.29) is 12.4 Å². The molecule has 0 spiro atoms. The van der Waals surface area contributed by atoms with E-state index >= 15 is 0 Å². The molecule has 0 amide bonds. The number of hydrogen-bond acceptors (Lipinski definition) is 2. The van der Waals surface area contributed by atoms with Crippen LogP contribution in [-0.4, -0.2) is 6.54 Å². The molecule has 1 N–H and O–H groups in total. The molecule has 1 aromatic heterocycles. The maximum atomic E-state index is 6.11. The van der Waals surface area contributed by atoms with E-state index in [9.17, 15) is 0 Å². The second kappa shape index (κ2) is 7.05. The highest BCUT2D eigenvalue weighted by Crippen LogP contribution is 2.31. The number of nitrogens with one attached hydrogen (secondary N) is 1. The third-order valence-corrected chi connectivity index (χ3v) is 2.97. The predicted octanol–water partition coefficient (Wildman–Crippen LogP) is 1.37. The van der Waals surface area contributed by atoms with E-state index in [1.807, 2.05) is 12.1 Å². The fourth-order valence-electron chi connectivity index (χ4n) is 1.55. The number of hydrogen-bond donors (Lipinski definition) is 1. The molecule has 0 bridgehead atoms. The third-order valence-electron chi connectivity index (χ3n) is 2.40. The number of rotatable bonds is 4. The topological polar surface area (TPSA) is 25.2 Å². The van der Waals surface area contributed by atoms with Gasteiger partial charge < -0.3 is 22.1 Å². The zero-order valence-corrected chi connectivity index (χ0v) is 12.1. The molecule has 0 aliphatic heterocycles. The molecule has 0 aliphatic rings. The van der Waals surface area contributed by atoms with Gasteiger partial charge in [-0.2, -0.15) is 0 Å². The van der Waals surface area contributed by atoms with Gasteiger partial charge >= 0.3 is 0 Å². The van der Waals surface area contributed by atoms with E-state index in [1.54, 1.807) is 18.2 Å². The molecule has 18 heavy (non-hydrogen) atoms. The molecule has 0 radical (unpaired) electrons. The minimum Gasteiger partial charge on any atom is -1.00 e. The summed E-state index contributed by atoms with van der Waals surface area (Å²) in [5.74, 6) is 1.63. The zero-order chi connectivity index (χ0) is 12.3. The normalized spacial score (nSPS) is 10.2. The number of halogens is 3. The van der Waals surface area contributed by atoms with Gasteiger partial charge in [0.2, 0.25) is 0 Å². The maximum absolute atomic E-state index is 6.11. The van der Waals surface area contributed by atoms with Crippen molar-refractivity contribution in [2.75, 3.05) is 6.54 Å². The van der Waals surface area contributed by atoms with Crippen LogP contribution in [0.5, 0.6) is 0 Å². The molecule has 0 unspecified atom stereocenters. The summed E-state index contributed by atoms with van der Waals surface area (Å²) in [6.07, 6.45) is 0. The van der Waals surface area contributed by atoms with Crippen molar-refractivity contribution in [3.05, 3.63) is 46.1 Å². The van der Waals surface area contributed by atoms with Gasteiger partial charge in [-0.15, -0.1) is 0 Å². The van der Waals surface area contributed by atoms with Crippen molar-refractivity contribution >= 4 is 23.2 Å².